The van der Waals surface area contributed by atoms with Gasteiger partial charge in [0.1, 0.15) is 11.6 Å². The van der Waals surface area contributed by atoms with E-state index in [1.54, 1.807) is 0 Å². The number of rotatable bonds is 3. The molecule has 0 saturated heterocycles. The van der Waals surface area contributed by atoms with E-state index < -0.39 is 42.3 Å². The van der Waals surface area contributed by atoms with Gasteiger partial charge in [-0.05, 0) is 34.5 Å². The fourth-order valence-electron chi connectivity index (χ4n) is 1.35. The minimum atomic E-state index is -4.39. The molecule has 0 radical (unpaired) electrons. The van der Waals surface area contributed by atoms with Crippen LogP contribution in [-0.4, -0.2) is 6.18 Å². The first-order chi connectivity index (χ1) is 7.72. The first-order valence-electron chi connectivity index (χ1n) is 4.68. The van der Waals surface area contributed by atoms with Gasteiger partial charge in [0.2, 0.25) is 0 Å². The van der Waals surface area contributed by atoms with Gasteiger partial charge >= 0.3 is 6.18 Å². The molecule has 0 heterocycles. The van der Waals surface area contributed by atoms with Gasteiger partial charge < -0.3 is 5.73 Å². The molecule has 0 saturated carbocycles. The molecule has 18 heavy (non-hydrogen) atoms. The highest BCUT2D eigenvalue weighted by Gasteiger charge is 2.29. The zero-order valence-corrected chi connectivity index (χ0v) is 11.3. The molecule has 0 aliphatic heterocycles. The molecule has 0 bridgehead atoms. The van der Waals surface area contributed by atoms with Crippen molar-refractivity contribution in [3.8, 4) is 0 Å². The summed E-state index contributed by atoms with van der Waals surface area (Å²) in [6, 6.07) is 0.759. The second-order valence-electron chi connectivity index (χ2n) is 3.52. The summed E-state index contributed by atoms with van der Waals surface area (Å²) in [7, 11) is 0. The Morgan fingerprint density at radius 2 is 1.78 bits per heavy atom. The van der Waals surface area contributed by atoms with Crippen molar-refractivity contribution in [2.45, 2.75) is 25.1 Å². The molecule has 1 rings (SSSR count). The van der Waals surface area contributed by atoms with Crippen molar-refractivity contribution >= 4 is 28.3 Å². The summed E-state index contributed by atoms with van der Waals surface area (Å²) in [5, 5.41) is 0. The lowest BCUT2D eigenvalue weighted by molar-refractivity contribution is -0.136. The van der Waals surface area contributed by atoms with Crippen molar-refractivity contribution in [3.63, 3.8) is 0 Å². The van der Waals surface area contributed by atoms with Crippen LogP contribution in [-0.2, 0) is 0 Å². The second kappa shape index (κ2) is 6.68. The van der Waals surface area contributed by atoms with Crippen LogP contribution in [0.3, 0.4) is 0 Å². The average molecular weight is 355 g/mol. The fourth-order valence-corrected chi connectivity index (χ4v) is 1.69. The minimum Gasteiger partial charge on any atom is -0.324 e. The van der Waals surface area contributed by atoms with Crippen molar-refractivity contribution in [2.75, 3.05) is 0 Å². The smallest absolute Gasteiger partial charge is 0.324 e. The van der Waals surface area contributed by atoms with Crippen LogP contribution in [0.25, 0.3) is 0 Å². The summed E-state index contributed by atoms with van der Waals surface area (Å²) in [6.07, 6.45) is -6.13. The number of hydrogen-bond donors (Lipinski definition) is 1. The third-order valence-corrected chi connectivity index (χ3v) is 2.80. The van der Waals surface area contributed by atoms with Crippen molar-refractivity contribution < 1.29 is 22.0 Å². The molecule has 0 aromatic heterocycles. The van der Waals surface area contributed by atoms with Gasteiger partial charge in [0.25, 0.3) is 0 Å². The Labute approximate surface area is 115 Å². The van der Waals surface area contributed by atoms with Crippen molar-refractivity contribution in [1.82, 2.24) is 0 Å². The van der Waals surface area contributed by atoms with Crippen LogP contribution in [0.5, 0.6) is 0 Å². The molecule has 104 valence electrons. The van der Waals surface area contributed by atoms with E-state index in [2.05, 4.69) is 15.9 Å². The number of hydrogen-bond acceptors (Lipinski definition) is 1. The Morgan fingerprint density at radius 1 is 1.22 bits per heavy atom. The maximum atomic E-state index is 13.5. The van der Waals surface area contributed by atoms with E-state index in [0.717, 1.165) is 12.1 Å². The first-order valence-corrected chi connectivity index (χ1v) is 5.47. The highest BCUT2D eigenvalue weighted by molar-refractivity contribution is 9.10. The standard InChI is InChI=1S/C10H9BrF5N.ClH/c11-5-1-2-6(12)8(9(5)13)7(17)3-4-10(14,15)16;/h1-2,7H,3-4,17H2;1H/t7-;/m1./s1. The van der Waals surface area contributed by atoms with Gasteiger partial charge in [0.05, 0.1) is 4.47 Å². The van der Waals surface area contributed by atoms with E-state index in [9.17, 15) is 22.0 Å². The van der Waals surface area contributed by atoms with Crippen molar-refractivity contribution in [3.05, 3.63) is 33.8 Å². The van der Waals surface area contributed by atoms with Crippen LogP contribution < -0.4 is 5.73 Å². The zero-order chi connectivity index (χ0) is 13.2. The highest BCUT2D eigenvalue weighted by atomic mass is 79.9. The molecule has 0 aliphatic rings. The number of benzene rings is 1. The first kappa shape index (κ1) is 17.6. The molecule has 0 unspecified atom stereocenters. The van der Waals surface area contributed by atoms with Gasteiger partial charge in [-0.1, -0.05) is 0 Å². The molecule has 0 spiro atoms. The van der Waals surface area contributed by atoms with Gasteiger partial charge in [-0.3, -0.25) is 0 Å². The summed E-state index contributed by atoms with van der Waals surface area (Å²) in [5.74, 6) is -1.90. The number of nitrogens with two attached hydrogens (primary N) is 1. The monoisotopic (exact) mass is 353 g/mol. The van der Waals surface area contributed by atoms with Gasteiger partial charge in [0, 0.05) is 18.0 Å². The third kappa shape index (κ3) is 4.70. The van der Waals surface area contributed by atoms with Crippen LogP contribution in [0.15, 0.2) is 16.6 Å². The molecule has 2 N–H and O–H groups in total. The van der Waals surface area contributed by atoms with Crippen LogP contribution in [0, 0.1) is 11.6 Å². The molecule has 1 atom stereocenters. The summed E-state index contributed by atoms with van der Waals surface area (Å²) < 4.78 is 62.6. The maximum Gasteiger partial charge on any atom is 0.389 e. The summed E-state index contributed by atoms with van der Waals surface area (Å²) >= 11 is 2.82. The predicted molar refractivity (Wildman–Crippen MR) is 63.5 cm³/mol. The minimum absolute atomic E-state index is 0. The number of alkyl halides is 3. The van der Waals surface area contributed by atoms with E-state index >= 15 is 0 Å². The lowest BCUT2D eigenvalue weighted by atomic mass is 10.0. The maximum absolute atomic E-state index is 13.5. The van der Waals surface area contributed by atoms with Crippen LogP contribution in [0.2, 0.25) is 0 Å². The molecule has 0 aliphatic carbocycles. The number of halogens is 7. The normalized spacial score (nSPS) is 13.1. The Morgan fingerprint density at radius 3 is 2.28 bits per heavy atom. The summed E-state index contributed by atoms with van der Waals surface area (Å²) in [5.41, 5.74) is 4.85. The lowest BCUT2D eigenvalue weighted by Gasteiger charge is -2.15. The van der Waals surface area contributed by atoms with Crippen LogP contribution in [0.4, 0.5) is 22.0 Å². The van der Waals surface area contributed by atoms with E-state index in [1.807, 2.05) is 0 Å². The Kier molecular flexibility index (Phi) is 6.53. The van der Waals surface area contributed by atoms with E-state index in [0.29, 0.717) is 0 Å². The van der Waals surface area contributed by atoms with Gasteiger partial charge in [-0.15, -0.1) is 12.4 Å². The second-order valence-corrected chi connectivity index (χ2v) is 4.37. The molecule has 1 aromatic rings. The summed E-state index contributed by atoms with van der Waals surface area (Å²) in [6.45, 7) is 0. The largest absolute Gasteiger partial charge is 0.389 e. The quantitative estimate of drug-likeness (QED) is 0.628. The van der Waals surface area contributed by atoms with Crippen LogP contribution >= 0.6 is 28.3 Å². The van der Waals surface area contributed by atoms with E-state index in [-0.39, 0.29) is 16.9 Å². The third-order valence-electron chi connectivity index (χ3n) is 2.19. The summed E-state index contributed by atoms with van der Waals surface area (Å²) in [4.78, 5) is 0. The van der Waals surface area contributed by atoms with E-state index in [4.69, 9.17) is 5.73 Å². The molecule has 8 heteroatoms. The lowest BCUT2D eigenvalue weighted by Crippen LogP contribution is -2.18. The Balaban J connectivity index is 0.00000289. The van der Waals surface area contributed by atoms with Gasteiger partial charge in [-0.2, -0.15) is 13.2 Å². The van der Waals surface area contributed by atoms with E-state index in [1.165, 1.54) is 0 Å². The SMILES string of the molecule is Cl.N[C@H](CCC(F)(F)F)c1c(F)ccc(Br)c1F. The highest BCUT2D eigenvalue weighted by Crippen LogP contribution is 2.31. The zero-order valence-electron chi connectivity index (χ0n) is 8.90. The Hall–Kier alpha value is -0.400. The van der Waals surface area contributed by atoms with Crippen molar-refractivity contribution in [1.29, 1.82) is 0 Å². The van der Waals surface area contributed by atoms with Crippen LogP contribution in [0.1, 0.15) is 24.4 Å². The van der Waals surface area contributed by atoms with Gasteiger partial charge in [0.15, 0.2) is 0 Å². The molecule has 0 fully saturated rings. The Bertz CT molecular complexity index is 410. The molecule has 1 nitrogen and oxygen atoms in total. The molecule has 1 aromatic carbocycles. The molecular formula is C10H10BrClF5N. The average Bonchev–Trinajstić information content (AvgIpc) is 2.20. The topological polar surface area (TPSA) is 26.0 Å². The molecular weight excluding hydrogens is 344 g/mol. The van der Waals surface area contributed by atoms with Crippen molar-refractivity contribution in [2.24, 2.45) is 5.73 Å². The fraction of sp³-hybridized carbons (Fsp3) is 0.400. The van der Waals surface area contributed by atoms with Gasteiger partial charge in [-0.25, -0.2) is 8.78 Å². The molecule has 0 amide bonds. The predicted octanol–water partition coefficient (Wildman–Crippen LogP) is 4.49.